The third-order valence-electron chi connectivity index (χ3n) is 6.08. The van der Waals surface area contributed by atoms with E-state index in [4.69, 9.17) is 36.0 Å². The van der Waals surface area contributed by atoms with Crippen LogP contribution in [0.4, 0.5) is 0 Å². The maximum absolute atomic E-state index is 9.55. The van der Waals surface area contributed by atoms with Crippen LogP contribution in [0.25, 0.3) is 0 Å². The van der Waals surface area contributed by atoms with Crippen molar-refractivity contribution in [2.24, 2.45) is 0 Å². The van der Waals surface area contributed by atoms with Crippen LogP contribution in [0.5, 0.6) is 17.2 Å². The number of benzene rings is 3. The molecule has 0 amide bonds. The molecule has 9 heteroatoms. The lowest BCUT2D eigenvalue weighted by Gasteiger charge is -2.17. The molecular formula is C33H36ClNO7. The van der Waals surface area contributed by atoms with Crippen molar-refractivity contribution in [1.82, 2.24) is 4.90 Å². The quantitative estimate of drug-likeness (QED) is 0.207. The van der Waals surface area contributed by atoms with Crippen LogP contribution < -0.4 is 14.2 Å². The number of likely N-dealkylation sites (N-methyl/N-ethyl adjacent to an activating group) is 1. The van der Waals surface area contributed by atoms with Gasteiger partial charge in [-0.2, -0.15) is 0 Å². The lowest BCUT2D eigenvalue weighted by atomic mass is 10.0. The molecule has 3 aromatic carbocycles. The first-order chi connectivity index (χ1) is 20.1. The molecule has 0 aliphatic heterocycles. The maximum Gasteiger partial charge on any atom is 0.328 e. The van der Waals surface area contributed by atoms with Gasteiger partial charge in [-0.15, -0.1) is 0 Å². The molecule has 0 spiro atoms. The van der Waals surface area contributed by atoms with Crippen molar-refractivity contribution >= 4 is 23.5 Å². The largest absolute Gasteiger partial charge is 0.497 e. The van der Waals surface area contributed by atoms with Crippen molar-refractivity contribution in [2.75, 3.05) is 41.5 Å². The Labute approximate surface area is 252 Å². The van der Waals surface area contributed by atoms with E-state index < -0.39 is 11.9 Å². The highest BCUT2D eigenvalue weighted by Crippen LogP contribution is 2.27. The summed E-state index contributed by atoms with van der Waals surface area (Å²) < 4.78 is 16.2. The lowest BCUT2D eigenvalue weighted by molar-refractivity contribution is -0.134. The summed E-state index contributed by atoms with van der Waals surface area (Å²) in [5.41, 5.74) is 4.41. The molecule has 0 aromatic heterocycles. The van der Waals surface area contributed by atoms with E-state index in [1.165, 1.54) is 11.1 Å². The average Bonchev–Trinajstić information content (AvgIpc) is 2.99. The third-order valence-corrected chi connectivity index (χ3v) is 6.33. The minimum atomic E-state index is -1.26. The predicted molar refractivity (Wildman–Crippen MR) is 164 cm³/mol. The van der Waals surface area contributed by atoms with E-state index in [9.17, 15) is 9.59 Å². The first kappa shape index (κ1) is 33.8. The summed E-state index contributed by atoms with van der Waals surface area (Å²) in [6.45, 7) is 1.96. The summed E-state index contributed by atoms with van der Waals surface area (Å²) in [6, 6.07) is 19.8. The number of carboxylic acids is 2. The van der Waals surface area contributed by atoms with Crippen LogP contribution in [0.2, 0.25) is 5.02 Å². The van der Waals surface area contributed by atoms with E-state index in [2.05, 4.69) is 42.0 Å². The van der Waals surface area contributed by atoms with E-state index >= 15 is 0 Å². The van der Waals surface area contributed by atoms with Gasteiger partial charge in [0, 0.05) is 34.8 Å². The smallest absolute Gasteiger partial charge is 0.328 e. The molecule has 0 bridgehead atoms. The number of aryl methyl sites for hydroxylation is 1. The summed E-state index contributed by atoms with van der Waals surface area (Å²) in [5.74, 6) is 6.43. The topological polar surface area (TPSA) is 106 Å². The van der Waals surface area contributed by atoms with Crippen LogP contribution in [0.15, 0.2) is 72.8 Å². The number of ether oxygens (including phenoxy) is 3. The molecule has 8 nitrogen and oxygen atoms in total. The molecule has 0 unspecified atom stereocenters. The van der Waals surface area contributed by atoms with E-state index in [1.807, 2.05) is 42.5 Å². The number of nitrogens with zero attached hydrogens (tertiary/aromatic N) is 1. The molecule has 0 saturated carbocycles. The molecule has 222 valence electrons. The highest BCUT2D eigenvalue weighted by Gasteiger charge is 2.08. The molecule has 0 atom stereocenters. The van der Waals surface area contributed by atoms with Gasteiger partial charge in [0.2, 0.25) is 0 Å². The van der Waals surface area contributed by atoms with Crippen molar-refractivity contribution in [2.45, 2.75) is 19.3 Å². The maximum atomic E-state index is 9.55. The summed E-state index contributed by atoms with van der Waals surface area (Å²) in [6.07, 6.45) is 4.03. The zero-order valence-electron chi connectivity index (χ0n) is 24.2. The fourth-order valence-electron chi connectivity index (χ4n) is 3.85. The molecule has 42 heavy (non-hydrogen) atoms. The van der Waals surface area contributed by atoms with Crippen LogP contribution in [0.1, 0.15) is 28.7 Å². The summed E-state index contributed by atoms with van der Waals surface area (Å²) >= 11 is 5.98. The van der Waals surface area contributed by atoms with Gasteiger partial charge in [-0.25, -0.2) is 9.59 Å². The fourth-order valence-corrected chi connectivity index (χ4v) is 3.97. The van der Waals surface area contributed by atoms with E-state index in [0.717, 1.165) is 60.7 Å². The van der Waals surface area contributed by atoms with Gasteiger partial charge in [-0.3, -0.25) is 0 Å². The monoisotopic (exact) mass is 593 g/mol. The first-order valence-electron chi connectivity index (χ1n) is 13.1. The number of methoxy groups -OCH3 is 3. The molecule has 3 rings (SSSR count). The molecule has 0 radical (unpaired) electrons. The number of carboxylic acid groups (broad SMARTS) is 2. The highest BCUT2D eigenvalue weighted by atomic mass is 35.5. The van der Waals surface area contributed by atoms with Crippen LogP contribution in [-0.4, -0.2) is 68.5 Å². The standard InChI is InChI=1S/C29H32ClNO3.C4H4O4/c1-31(19-17-23-10-16-28(33-3)29(20-23)34-4)18-5-6-25-21-27(32-2)15-12-24(25)11-7-22-8-13-26(30)14-9-22;5-3(6)1-2-4(7)8/h8-10,12-16,20-21H,5-6,17-19H2,1-4H3;1-2H,(H,5,6)(H,7,8). The van der Waals surface area contributed by atoms with Gasteiger partial charge in [0.25, 0.3) is 0 Å². The average molecular weight is 594 g/mol. The molecule has 0 aliphatic carbocycles. The second kappa shape index (κ2) is 18.1. The van der Waals surface area contributed by atoms with Crippen LogP contribution in [0, 0.1) is 11.8 Å². The Morgan fingerprint density at radius 1 is 0.810 bits per heavy atom. The van der Waals surface area contributed by atoms with Gasteiger partial charge >= 0.3 is 11.9 Å². The third kappa shape index (κ3) is 12.4. The van der Waals surface area contributed by atoms with Gasteiger partial charge in [0.15, 0.2) is 11.5 Å². The van der Waals surface area contributed by atoms with E-state index in [1.54, 1.807) is 21.3 Å². The highest BCUT2D eigenvalue weighted by molar-refractivity contribution is 6.30. The molecule has 3 aromatic rings. The predicted octanol–water partition coefficient (Wildman–Crippen LogP) is 5.58. The van der Waals surface area contributed by atoms with Crippen LogP contribution in [-0.2, 0) is 22.4 Å². The van der Waals surface area contributed by atoms with E-state index in [-0.39, 0.29) is 0 Å². The van der Waals surface area contributed by atoms with Gasteiger partial charge in [0.1, 0.15) is 5.75 Å². The number of aliphatic carboxylic acids is 2. The Morgan fingerprint density at radius 2 is 1.48 bits per heavy atom. The molecule has 0 fully saturated rings. The minimum Gasteiger partial charge on any atom is -0.497 e. The Balaban J connectivity index is 0.000000675. The zero-order valence-corrected chi connectivity index (χ0v) is 25.0. The number of carbonyl (C=O) groups is 2. The Hall–Kier alpha value is -4.45. The molecular weight excluding hydrogens is 558 g/mol. The normalized spacial score (nSPS) is 10.3. The number of rotatable bonds is 12. The molecule has 0 aliphatic rings. The Bertz CT molecular complexity index is 1390. The summed E-state index contributed by atoms with van der Waals surface area (Å²) in [5, 5.41) is 16.3. The Morgan fingerprint density at radius 3 is 2.07 bits per heavy atom. The van der Waals surface area contributed by atoms with Crippen LogP contribution in [0.3, 0.4) is 0 Å². The van der Waals surface area contributed by atoms with Gasteiger partial charge in [-0.1, -0.05) is 29.5 Å². The van der Waals surface area contributed by atoms with Crippen molar-refractivity contribution in [3.05, 3.63) is 100 Å². The van der Waals surface area contributed by atoms with Gasteiger partial charge in [0.05, 0.1) is 21.3 Å². The second-order valence-electron chi connectivity index (χ2n) is 9.14. The zero-order chi connectivity index (χ0) is 30.9. The summed E-state index contributed by atoms with van der Waals surface area (Å²) in [7, 11) is 7.18. The fraction of sp³-hybridized carbons (Fsp3) is 0.273. The number of hydrogen-bond acceptors (Lipinski definition) is 6. The lowest BCUT2D eigenvalue weighted by Crippen LogP contribution is -2.23. The SMILES string of the molecule is COc1ccc(C#Cc2ccc(Cl)cc2)c(CCCN(C)CCc2ccc(OC)c(OC)c2)c1.O=C(O)C=CC(=O)O. The van der Waals surface area contributed by atoms with Gasteiger partial charge < -0.3 is 29.3 Å². The van der Waals surface area contributed by atoms with E-state index in [0.29, 0.717) is 17.2 Å². The number of hydrogen-bond donors (Lipinski definition) is 2. The first-order valence-corrected chi connectivity index (χ1v) is 13.5. The number of halogens is 1. The molecule has 0 saturated heterocycles. The minimum absolute atomic E-state index is 0.558. The van der Waals surface area contributed by atoms with Crippen molar-refractivity contribution < 1.29 is 34.0 Å². The van der Waals surface area contributed by atoms with Crippen molar-refractivity contribution in [3.8, 4) is 29.1 Å². The Kier molecular flexibility index (Phi) is 14.5. The second-order valence-corrected chi connectivity index (χ2v) is 9.57. The molecule has 2 N–H and O–H groups in total. The molecule has 0 heterocycles. The van der Waals surface area contributed by atoms with Crippen molar-refractivity contribution in [1.29, 1.82) is 0 Å². The van der Waals surface area contributed by atoms with Crippen LogP contribution >= 0.6 is 11.6 Å². The van der Waals surface area contributed by atoms with Crippen molar-refractivity contribution in [3.63, 3.8) is 0 Å². The summed E-state index contributed by atoms with van der Waals surface area (Å²) in [4.78, 5) is 21.5. The van der Waals surface area contributed by atoms with Gasteiger partial charge in [-0.05, 0) is 98.6 Å².